The van der Waals surface area contributed by atoms with Crippen LogP contribution in [0.5, 0.6) is 5.88 Å². The maximum absolute atomic E-state index is 10.6. The molecule has 1 aliphatic heterocycles. The Bertz CT molecular complexity index is 867. The number of rotatable bonds is 8. The van der Waals surface area contributed by atoms with Crippen LogP contribution in [0.25, 0.3) is 11.2 Å². The van der Waals surface area contributed by atoms with Crippen molar-refractivity contribution < 1.29 is 19.7 Å². The van der Waals surface area contributed by atoms with Crippen molar-refractivity contribution in [3.05, 3.63) is 6.33 Å². The molecule has 3 rings (SSSR count). The van der Waals surface area contributed by atoms with Gasteiger partial charge in [-0.3, -0.25) is 4.57 Å². The highest BCUT2D eigenvalue weighted by atomic mass is 31.2. The van der Waals surface area contributed by atoms with E-state index in [9.17, 15) is 10.2 Å². The number of hydrogen-bond acceptors (Lipinski definition) is 8. The van der Waals surface area contributed by atoms with Crippen molar-refractivity contribution in [2.45, 2.75) is 50.7 Å². The van der Waals surface area contributed by atoms with Crippen LogP contribution in [-0.4, -0.2) is 80.4 Å². The van der Waals surface area contributed by atoms with Crippen molar-refractivity contribution in [1.82, 2.24) is 19.5 Å². The molecule has 4 atom stereocenters. The molecule has 2 aromatic heterocycles. The molecule has 2 aromatic rings. The van der Waals surface area contributed by atoms with Crippen LogP contribution in [0.2, 0.25) is 0 Å². The molecule has 1 fully saturated rings. The van der Waals surface area contributed by atoms with Crippen LogP contribution in [0.15, 0.2) is 6.33 Å². The molecule has 0 aromatic carbocycles. The number of imidazole rings is 1. The summed E-state index contributed by atoms with van der Waals surface area (Å²) >= 11 is 0. The van der Waals surface area contributed by atoms with Crippen LogP contribution in [0.3, 0.4) is 0 Å². The average Bonchev–Trinajstić information content (AvgIpc) is 3.15. The second kappa shape index (κ2) is 8.37. The number of aromatic nitrogens is 4. The zero-order chi connectivity index (χ0) is 20.5. The fourth-order valence-electron chi connectivity index (χ4n) is 3.18. The highest BCUT2D eigenvalue weighted by Gasteiger charge is 2.44. The fraction of sp³-hybridized carbons (Fsp3) is 0.667. The van der Waals surface area contributed by atoms with Gasteiger partial charge in [0.1, 0.15) is 12.2 Å². The zero-order valence-electron chi connectivity index (χ0n) is 16.7. The number of anilines is 1. The van der Waals surface area contributed by atoms with Crippen molar-refractivity contribution in [2.75, 3.05) is 31.8 Å². The van der Waals surface area contributed by atoms with E-state index < -0.39 is 31.4 Å². The lowest BCUT2D eigenvalue weighted by atomic mass is 10.1. The van der Waals surface area contributed by atoms with E-state index in [-0.39, 0.29) is 5.95 Å². The lowest BCUT2D eigenvalue weighted by Gasteiger charge is -2.18. The molecular weight excluding hydrogens is 381 g/mol. The quantitative estimate of drug-likeness (QED) is 0.438. The first-order valence-corrected chi connectivity index (χ1v) is 12.6. The predicted molar refractivity (Wildman–Crippen MR) is 111 cm³/mol. The van der Waals surface area contributed by atoms with E-state index in [1.54, 1.807) is 4.57 Å². The molecule has 0 saturated carbocycles. The molecule has 0 spiro atoms. The van der Waals surface area contributed by atoms with Crippen LogP contribution >= 0.6 is 6.89 Å². The van der Waals surface area contributed by atoms with Gasteiger partial charge in [0.05, 0.1) is 19.0 Å². The van der Waals surface area contributed by atoms with Crippen molar-refractivity contribution >= 4 is 30.3 Å². The number of unbranched alkanes of at least 4 members (excludes halogenated alkanes) is 1. The van der Waals surface area contributed by atoms with E-state index in [1.807, 2.05) is 0 Å². The lowest BCUT2D eigenvalue weighted by molar-refractivity contribution is -0.0353. The van der Waals surface area contributed by atoms with E-state index in [0.717, 1.165) is 19.0 Å². The van der Waals surface area contributed by atoms with Gasteiger partial charge in [0.25, 0.3) is 0 Å². The molecule has 0 bridgehead atoms. The molecule has 3 heterocycles. The van der Waals surface area contributed by atoms with E-state index in [2.05, 4.69) is 41.5 Å². The van der Waals surface area contributed by atoms with Crippen LogP contribution in [-0.2, 0) is 4.74 Å². The molecule has 0 radical (unpaired) electrons. The van der Waals surface area contributed by atoms with E-state index in [1.165, 1.54) is 6.33 Å². The van der Waals surface area contributed by atoms with Crippen LogP contribution < -0.4 is 10.5 Å². The summed E-state index contributed by atoms with van der Waals surface area (Å²) in [4.78, 5) is 12.7. The molecule has 156 valence electrons. The molecule has 28 heavy (non-hydrogen) atoms. The summed E-state index contributed by atoms with van der Waals surface area (Å²) in [5.41, 5.74) is 6.69. The molecule has 0 amide bonds. The van der Waals surface area contributed by atoms with E-state index in [0.29, 0.717) is 30.1 Å². The standard InChI is InChI=1S/C18H30N5O4P/c1-5-6-8-26-16-12-15(21-18(19)22-16)23(10-20-12)17-14(25)13(24)11(27-17)7-9-28(2,3)4/h10-11,13-14,17,24-25H,2,5-9H2,1,3-4H3,(H2,19,21,22)/t11-,13-,14-,17-/m1/s1. The number of nitrogens with two attached hydrogens (primary N) is 1. The maximum Gasteiger partial charge on any atom is 0.247 e. The SMILES string of the molecule is C=P(C)(C)CC[C@H]1O[C@@H](n2cnc3c(OCCCC)nc(N)nc32)[C@H](O)[C@@H]1O. The van der Waals surface area contributed by atoms with E-state index >= 15 is 0 Å². The maximum atomic E-state index is 10.6. The zero-order valence-corrected chi connectivity index (χ0v) is 17.5. The van der Waals surface area contributed by atoms with Crippen molar-refractivity contribution in [3.8, 4) is 5.88 Å². The van der Waals surface area contributed by atoms with Gasteiger partial charge < -0.3 is 25.4 Å². The number of nitrogens with zero attached hydrogens (tertiary/aromatic N) is 4. The van der Waals surface area contributed by atoms with Gasteiger partial charge >= 0.3 is 0 Å². The minimum absolute atomic E-state index is 0.0499. The summed E-state index contributed by atoms with van der Waals surface area (Å²) in [6.45, 7) is 5.58. The fourth-order valence-corrected chi connectivity index (χ4v) is 4.13. The number of aliphatic hydroxyl groups is 2. The van der Waals surface area contributed by atoms with Gasteiger partial charge in [-0.1, -0.05) is 13.3 Å². The first kappa shape index (κ1) is 21.0. The molecule has 9 nitrogen and oxygen atoms in total. The first-order valence-electron chi connectivity index (χ1n) is 9.53. The van der Waals surface area contributed by atoms with Gasteiger partial charge in [-0.15, -0.1) is 13.2 Å². The van der Waals surface area contributed by atoms with Gasteiger partial charge in [0, 0.05) is 0 Å². The number of aliphatic hydroxyl groups excluding tert-OH is 2. The van der Waals surface area contributed by atoms with Crippen LogP contribution in [0, 0.1) is 0 Å². The largest absolute Gasteiger partial charge is 0.476 e. The molecule has 4 N–H and O–H groups in total. The van der Waals surface area contributed by atoms with Gasteiger partial charge in [-0.25, -0.2) is 4.98 Å². The summed E-state index contributed by atoms with van der Waals surface area (Å²) in [6.07, 6.45) is 5.69. The average molecular weight is 411 g/mol. The van der Waals surface area contributed by atoms with Gasteiger partial charge in [0.15, 0.2) is 17.4 Å². The third-order valence-corrected chi connectivity index (χ3v) is 6.24. The third-order valence-electron chi connectivity index (χ3n) is 4.77. The molecule has 1 saturated heterocycles. The third kappa shape index (κ3) is 4.49. The van der Waals surface area contributed by atoms with Crippen molar-refractivity contribution in [3.63, 3.8) is 0 Å². The minimum atomic E-state index is -1.26. The Morgan fingerprint density at radius 3 is 2.75 bits per heavy atom. The smallest absolute Gasteiger partial charge is 0.247 e. The molecule has 0 unspecified atom stereocenters. The Balaban J connectivity index is 1.86. The Morgan fingerprint density at radius 2 is 2.07 bits per heavy atom. The topological polar surface area (TPSA) is 129 Å². The Morgan fingerprint density at radius 1 is 1.32 bits per heavy atom. The Kier molecular flexibility index (Phi) is 6.29. The summed E-state index contributed by atoms with van der Waals surface area (Å²) in [5, 5.41) is 21.0. The van der Waals surface area contributed by atoms with Gasteiger partial charge in [-0.2, -0.15) is 9.97 Å². The normalized spacial score (nSPS) is 25.5. The Labute approximate surface area is 164 Å². The second-order valence-electron chi connectivity index (χ2n) is 7.91. The molecule has 1 aliphatic rings. The van der Waals surface area contributed by atoms with Crippen LogP contribution in [0.1, 0.15) is 32.4 Å². The molecular formula is C18H30N5O4P. The number of fused-ring (bicyclic) bond motifs is 1. The summed E-state index contributed by atoms with van der Waals surface area (Å²) < 4.78 is 13.3. The van der Waals surface area contributed by atoms with Gasteiger partial charge in [-0.05, 0) is 32.3 Å². The predicted octanol–water partition coefficient (Wildman–Crippen LogP) is 1.31. The first-order chi connectivity index (χ1) is 13.2. The minimum Gasteiger partial charge on any atom is -0.476 e. The second-order valence-corrected chi connectivity index (χ2v) is 12.2. The number of ether oxygens (including phenoxy) is 2. The van der Waals surface area contributed by atoms with Crippen molar-refractivity contribution in [2.24, 2.45) is 0 Å². The van der Waals surface area contributed by atoms with Crippen LogP contribution in [0.4, 0.5) is 5.95 Å². The highest BCUT2D eigenvalue weighted by molar-refractivity contribution is 7.72. The summed E-state index contributed by atoms with van der Waals surface area (Å²) in [5.74, 6) is 0.358. The number of hydrogen-bond donors (Lipinski definition) is 3. The lowest BCUT2D eigenvalue weighted by Crippen LogP contribution is -2.31. The Hall–Kier alpha value is -1.67. The monoisotopic (exact) mass is 411 g/mol. The summed E-state index contributed by atoms with van der Waals surface area (Å²) in [7, 11) is 0. The van der Waals surface area contributed by atoms with E-state index in [4.69, 9.17) is 15.2 Å². The molecule has 0 aliphatic carbocycles. The summed E-state index contributed by atoms with van der Waals surface area (Å²) in [6, 6.07) is 0. The van der Waals surface area contributed by atoms with Crippen molar-refractivity contribution in [1.29, 1.82) is 0 Å². The van der Waals surface area contributed by atoms with Gasteiger partial charge in [0.2, 0.25) is 11.8 Å². The highest BCUT2D eigenvalue weighted by Crippen LogP contribution is 2.40. The number of nitrogen functional groups attached to an aromatic ring is 1. The molecule has 10 heteroatoms.